The molecule has 1 aromatic rings. The van der Waals surface area contributed by atoms with Crippen LogP contribution >= 0.6 is 0 Å². The first-order valence-electron chi connectivity index (χ1n) is 3.91. The number of hydrogen-bond acceptors (Lipinski definition) is 3. The van der Waals surface area contributed by atoms with Crippen LogP contribution in [0, 0.1) is 0 Å². The molecule has 0 radical (unpaired) electrons. The van der Waals surface area contributed by atoms with Gasteiger partial charge in [-0.1, -0.05) is 13.8 Å². The van der Waals surface area contributed by atoms with Gasteiger partial charge < -0.3 is 14.8 Å². The zero-order chi connectivity index (χ0) is 9.14. The van der Waals surface area contributed by atoms with Crippen molar-refractivity contribution in [2.45, 2.75) is 26.1 Å². The molecule has 1 atom stereocenters. The third kappa shape index (κ3) is 1.84. The van der Waals surface area contributed by atoms with E-state index >= 15 is 0 Å². The van der Waals surface area contributed by atoms with E-state index in [1.807, 2.05) is 13.8 Å². The molecule has 4 heteroatoms. The number of ether oxygens (including phenoxy) is 1. The lowest BCUT2D eigenvalue weighted by Gasteiger charge is -2.03. The van der Waals surface area contributed by atoms with E-state index < -0.39 is 6.29 Å². The number of aliphatic hydroxyl groups is 1. The molecule has 0 aliphatic carbocycles. The van der Waals surface area contributed by atoms with Gasteiger partial charge in [-0.2, -0.15) is 0 Å². The van der Waals surface area contributed by atoms with Gasteiger partial charge in [0.2, 0.25) is 0 Å². The fraction of sp³-hybridized carbons (Fsp3) is 0.625. The maximum Gasteiger partial charge on any atom is 0.199 e. The lowest BCUT2D eigenvalue weighted by Crippen LogP contribution is -2.00. The molecule has 1 unspecified atom stereocenters. The molecule has 1 rings (SSSR count). The van der Waals surface area contributed by atoms with Crippen LogP contribution < -0.4 is 0 Å². The van der Waals surface area contributed by atoms with Crippen LogP contribution in [0.25, 0.3) is 0 Å². The number of rotatable bonds is 3. The average Bonchev–Trinajstić information content (AvgIpc) is 2.51. The fourth-order valence-corrected chi connectivity index (χ4v) is 0.895. The predicted octanol–water partition coefficient (Wildman–Crippen LogP) is 1.17. The van der Waals surface area contributed by atoms with Crippen molar-refractivity contribution in [2.24, 2.45) is 0 Å². The zero-order valence-corrected chi connectivity index (χ0v) is 7.53. The Morgan fingerprint density at radius 3 is 2.67 bits per heavy atom. The van der Waals surface area contributed by atoms with Crippen molar-refractivity contribution in [3.8, 4) is 0 Å². The highest BCUT2D eigenvalue weighted by molar-refractivity contribution is 5.04. The molecule has 0 saturated carbocycles. The van der Waals surface area contributed by atoms with Gasteiger partial charge in [0.1, 0.15) is 11.5 Å². The summed E-state index contributed by atoms with van der Waals surface area (Å²) in [6.07, 6.45) is 0.734. The van der Waals surface area contributed by atoms with Crippen molar-refractivity contribution in [1.29, 1.82) is 0 Å². The second-order valence-corrected chi connectivity index (χ2v) is 2.95. The number of imidazole rings is 1. The van der Waals surface area contributed by atoms with Crippen LogP contribution in [0.3, 0.4) is 0 Å². The van der Waals surface area contributed by atoms with Crippen molar-refractivity contribution >= 4 is 0 Å². The molecule has 0 fully saturated rings. The smallest absolute Gasteiger partial charge is 0.199 e. The zero-order valence-electron chi connectivity index (χ0n) is 7.53. The fourth-order valence-electron chi connectivity index (χ4n) is 0.895. The molecule has 4 nitrogen and oxygen atoms in total. The van der Waals surface area contributed by atoms with E-state index in [1.165, 1.54) is 7.11 Å². The maximum absolute atomic E-state index is 9.22. The molecule has 0 aliphatic heterocycles. The number of aromatic nitrogens is 2. The summed E-state index contributed by atoms with van der Waals surface area (Å²) >= 11 is 0. The standard InChI is InChI=1S/C8H14N2O2/c1-5(2)7-9-4-6(10-7)8(11)12-3/h4-5,8,11H,1-3H3,(H,9,10). The van der Waals surface area contributed by atoms with Gasteiger partial charge in [0, 0.05) is 19.2 Å². The van der Waals surface area contributed by atoms with Gasteiger partial charge in [0.05, 0.1) is 0 Å². The second kappa shape index (κ2) is 3.69. The Labute approximate surface area is 71.6 Å². The lowest BCUT2D eigenvalue weighted by molar-refractivity contribution is -0.0796. The summed E-state index contributed by atoms with van der Waals surface area (Å²) < 4.78 is 4.70. The Balaban J connectivity index is 2.77. The summed E-state index contributed by atoms with van der Waals surface area (Å²) in [5, 5.41) is 9.22. The molecule has 1 aromatic heterocycles. The largest absolute Gasteiger partial charge is 0.363 e. The van der Waals surface area contributed by atoms with E-state index in [-0.39, 0.29) is 0 Å². The summed E-state index contributed by atoms with van der Waals surface area (Å²) in [7, 11) is 1.44. The normalized spacial score (nSPS) is 13.8. The average molecular weight is 170 g/mol. The van der Waals surface area contributed by atoms with E-state index in [4.69, 9.17) is 4.74 Å². The van der Waals surface area contributed by atoms with E-state index in [2.05, 4.69) is 9.97 Å². The molecule has 1 heterocycles. The summed E-state index contributed by atoms with van der Waals surface area (Å²) in [6, 6.07) is 0. The maximum atomic E-state index is 9.22. The van der Waals surface area contributed by atoms with Crippen LogP contribution in [-0.2, 0) is 4.74 Å². The van der Waals surface area contributed by atoms with Gasteiger partial charge >= 0.3 is 0 Å². The molecule has 68 valence electrons. The molecule has 0 aliphatic rings. The van der Waals surface area contributed by atoms with Crippen LogP contribution in [-0.4, -0.2) is 22.2 Å². The molecule has 0 amide bonds. The highest BCUT2D eigenvalue weighted by Crippen LogP contribution is 2.14. The minimum Gasteiger partial charge on any atom is -0.363 e. The molecule has 12 heavy (non-hydrogen) atoms. The first-order chi connectivity index (χ1) is 5.65. The Morgan fingerprint density at radius 2 is 2.25 bits per heavy atom. The number of nitrogens with one attached hydrogen (secondary N) is 1. The number of methoxy groups -OCH3 is 1. The minimum atomic E-state index is -0.922. The Hall–Kier alpha value is -0.870. The van der Waals surface area contributed by atoms with Crippen molar-refractivity contribution in [3.05, 3.63) is 17.7 Å². The third-order valence-corrected chi connectivity index (χ3v) is 1.64. The molecule has 0 bridgehead atoms. The van der Waals surface area contributed by atoms with Gasteiger partial charge in [-0.3, -0.25) is 0 Å². The number of aromatic amines is 1. The van der Waals surface area contributed by atoms with E-state index in [0.717, 1.165) is 5.82 Å². The minimum absolute atomic E-state index is 0.336. The predicted molar refractivity (Wildman–Crippen MR) is 44.6 cm³/mol. The number of nitrogens with zero attached hydrogens (tertiary/aromatic N) is 1. The summed E-state index contributed by atoms with van der Waals surface area (Å²) in [5.74, 6) is 1.20. The van der Waals surface area contributed by atoms with Gasteiger partial charge in [-0.25, -0.2) is 4.98 Å². The monoisotopic (exact) mass is 170 g/mol. The van der Waals surface area contributed by atoms with Crippen molar-refractivity contribution in [3.63, 3.8) is 0 Å². The Morgan fingerprint density at radius 1 is 1.58 bits per heavy atom. The van der Waals surface area contributed by atoms with Gasteiger partial charge in [-0.15, -0.1) is 0 Å². The van der Waals surface area contributed by atoms with Crippen LogP contribution in [0.5, 0.6) is 0 Å². The molecular formula is C8H14N2O2. The summed E-state index contributed by atoms with van der Waals surface area (Å²) in [6.45, 7) is 4.06. The van der Waals surface area contributed by atoms with Crippen LogP contribution in [0.15, 0.2) is 6.20 Å². The lowest BCUT2D eigenvalue weighted by atomic mass is 10.2. The van der Waals surface area contributed by atoms with E-state index in [9.17, 15) is 5.11 Å². The third-order valence-electron chi connectivity index (χ3n) is 1.64. The van der Waals surface area contributed by atoms with E-state index in [0.29, 0.717) is 11.6 Å². The van der Waals surface area contributed by atoms with Crippen molar-refractivity contribution < 1.29 is 9.84 Å². The van der Waals surface area contributed by atoms with E-state index in [1.54, 1.807) is 6.20 Å². The highest BCUT2D eigenvalue weighted by Gasteiger charge is 2.11. The second-order valence-electron chi connectivity index (χ2n) is 2.95. The first-order valence-corrected chi connectivity index (χ1v) is 3.91. The van der Waals surface area contributed by atoms with Gasteiger partial charge in [0.15, 0.2) is 6.29 Å². The summed E-state index contributed by atoms with van der Waals surface area (Å²) in [4.78, 5) is 7.12. The molecule has 0 aromatic carbocycles. The van der Waals surface area contributed by atoms with Gasteiger partial charge in [-0.05, 0) is 0 Å². The van der Waals surface area contributed by atoms with Crippen molar-refractivity contribution in [2.75, 3.05) is 7.11 Å². The highest BCUT2D eigenvalue weighted by atomic mass is 16.6. The molecular weight excluding hydrogens is 156 g/mol. The SMILES string of the molecule is COC(O)c1c[nH]c(C(C)C)n1. The molecule has 0 spiro atoms. The summed E-state index contributed by atoms with van der Waals surface area (Å²) in [5.41, 5.74) is 0.529. The van der Waals surface area contributed by atoms with Gasteiger partial charge in [0.25, 0.3) is 0 Å². The number of hydrogen-bond donors (Lipinski definition) is 2. The number of H-pyrrole nitrogens is 1. The quantitative estimate of drug-likeness (QED) is 0.669. The van der Waals surface area contributed by atoms with Crippen LogP contribution in [0.2, 0.25) is 0 Å². The van der Waals surface area contributed by atoms with Crippen molar-refractivity contribution in [1.82, 2.24) is 9.97 Å². The topological polar surface area (TPSA) is 58.1 Å². The molecule has 0 saturated heterocycles. The van der Waals surface area contributed by atoms with Crippen LogP contribution in [0.1, 0.15) is 37.6 Å². The number of aliphatic hydroxyl groups excluding tert-OH is 1. The Kier molecular flexibility index (Phi) is 2.83. The molecule has 2 N–H and O–H groups in total. The first kappa shape index (κ1) is 9.22. The Bertz CT molecular complexity index is 245. The van der Waals surface area contributed by atoms with Crippen LogP contribution in [0.4, 0.5) is 0 Å².